The maximum absolute atomic E-state index is 14.1. The average molecular weight is 561 g/mol. The Bertz CT molecular complexity index is 1250. The van der Waals surface area contributed by atoms with Gasteiger partial charge in [-0.05, 0) is 53.8 Å². The van der Waals surface area contributed by atoms with Crippen LogP contribution in [0.4, 0.5) is 4.79 Å². The number of benzene rings is 3. The molecule has 0 unspecified atom stereocenters. The predicted octanol–water partition coefficient (Wildman–Crippen LogP) is 5.61. The maximum atomic E-state index is 14.1. The number of methoxy groups -OCH3 is 3. The lowest BCUT2D eigenvalue weighted by atomic mass is 9.74. The molecule has 2 saturated heterocycles. The van der Waals surface area contributed by atoms with E-state index in [2.05, 4.69) is 46.6 Å². The van der Waals surface area contributed by atoms with Crippen LogP contribution in [0.25, 0.3) is 0 Å². The van der Waals surface area contributed by atoms with Crippen LogP contribution in [0.5, 0.6) is 11.5 Å². The Balaban J connectivity index is 1.58. The van der Waals surface area contributed by atoms with Gasteiger partial charge in [0.2, 0.25) is 0 Å². The van der Waals surface area contributed by atoms with Gasteiger partial charge in [0.05, 0.1) is 33.4 Å². The number of nitrogens with one attached hydrogen (secondary N) is 1. The minimum Gasteiger partial charge on any atom is -0.497 e. The Hall–Kier alpha value is -3.65. The first-order chi connectivity index (χ1) is 19.5. The van der Waals surface area contributed by atoms with Crippen molar-refractivity contribution in [3.05, 3.63) is 95.6 Å². The molecule has 8 heteroatoms. The van der Waals surface area contributed by atoms with Gasteiger partial charge in [-0.25, -0.2) is 4.79 Å². The molecule has 2 fully saturated rings. The van der Waals surface area contributed by atoms with E-state index in [1.165, 1.54) is 7.11 Å². The van der Waals surface area contributed by atoms with Gasteiger partial charge in [0.25, 0.3) is 0 Å². The Morgan fingerprint density at radius 2 is 1.45 bits per heavy atom. The molecule has 5 rings (SSSR count). The van der Waals surface area contributed by atoms with E-state index in [-0.39, 0.29) is 29.3 Å². The molecular weight excluding hydrogens is 524 g/mol. The van der Waals surface area contributed by atoms with Crippen LogP contribution >= 0.6 is 11.8 Å². The van der Waals surface area contributed by atoms with Crippen molar-refractivity contribution in [2.75, 3.05) is 27.1 Å². The van der Waals surface area contributed by atoms with Crippen molar-refractivity contribution in [3.63, 3.8) is 0 Å². The summed E-state index contributed by atoms with van der Waals surface area (Å²) in [6.45, 7) is 0. The first-order valence-corrected chi connectivity index (χ1v) is 14.7. The molecule has 210 valence electrons. The van der Waals surface area contributed by atoms with Gasteiger partial charge in [0.15, 0.2) is 0 Å². The van der Waals surface area contributed by atoms with Crippen LogP contribution in [0.1, 0.15) is 42.4 Å². The van der Waals surface area contributed by atoms with Gasteiger partial charge in [-0.1, -0.05) is 61.0 Å². The van der Waals surface area contributed by atoms with Crippen LogP contribution in [0.2, 0.25) is 0 Å². The molecule has 3 atom stereocenters. The minimum absolute atomic E-state index is 0.00945. The summed E-state index contributed by atoms with van der Waals surface area (Å²) in [5.41, 5.74) is 2.08. The Morgan fingerprint density at radius 1 is 0.875 bits per heavy atom. The topological polar surface area (TPSA) is 77.1 Å². The molecule has 0 aliphatic carbocycles. The van der Waals surface area contributed by atoms with Crippen molar-refractivity contribution < 1.29 is 23.8 Å². The number of urea groups is 1. The van der Waals surface area contributed by atoms with Gasteiger partial charge < -0.3 is 24.4 Å². The van der Waals surface area contributed by atoms with Gasteiger partial charge in [-0.3, -0.25) is 4.79 Å². The highest BCUT2D eigenvalue weighted by Gasteiger charge is 2.57. The van der Waals surface area contributed by atoms with Crippen LogP contribution in [-0.2, 0) is 15.1 Å². The van der Waals surface area contributed by atoms with Crippen LogP contribution in [0, 0.1) is 0 Å². The second-order valence-corrected chi connectivity index (χ2v) is 11.4. The van der Waals surface area contributed by atoms with E-state index in [1.807, 2.05) is 54.2 Å². The smallest absolute Gasteiger partial charge is 0.319 e. The van der Waals surface area contributed by atoms with Crippen LogP contribution in [0.15, 0.2) is 78.9 Å². The molecule has 3 aromatic rings. The molecule has 1 N–H and O–H groups in total. The quantitative estimate of drug-likeness (QED) is 0.142. The third kappa shape index (κ3) is 5.12. The third-order valence-corrected chi connectivity index (χ3v) is 9.54. The first kappa shape index (κ1) is 27.9. The normalized spacial score (nSPS) is 20.1. The number of nitrogens with zero attached hydrogens (tertiary/aromatic N) is 1. The van der Waals surface area contributed by atoms with Gasteiger partial charge in [-0.15, -0.1) is 0 Å². The van der Waals surface area contributed by atoms with Gasteiger partial charge in [0.1, 0.15) is 17.0 Å². The molecule has 2 aliphatic heterocycles. The summed E-state index contributed by atoms with van der Waals surface area (Å²) in [4.78, 5) is 27.7. The summed E-state index contributed by atoms with van der Waals surface area (Å²) >= 11 is 1.91. The van der Waals surface area contributed by atoms with E-state index >= 15 is 0 Å². The standard InChI is InChI=1S/C32H36N2O5S/c1-37-25-17-13-23(14-18-25)32(22-9-5-4-6-10-22,24-15-19-26(38-2)20-16-24)34-27-21-40-28(30(27)33-31(34)36)11-7-8-12-29(35)39-3/h4-6,9-10,13-20,27-28,30H,7-8,11-12,21H2,1-3H3,(H,33,36)/t27-,28-,30-/m0/s1. The summed E-state index contributed by atoms with van der Waals surface area (Å²) < 4.78 is 15.7. The second-order valence-electron chi connectivity index (χ2n) is 10.1. The molecule has 0 saturated carbocycles. The van der Waals surface area contributed by atoms with Crippen LogP contribution < -0.4 is 14.8 Å². The minimum atomic E-state index is -0.885. The summed E-state index contributed by atoms with van der Waals surface area (Å²) in [6, 6.07) is 26.2. The zero-order chi connectivity index (χ0) is 28.1. The third-order valence-electron chi connectivity index (χ3n) is 8.05. The molecule has 0 spiro atoms. The van der Waals surface area contributed by atoms with E-state index in [1.54, 1.807) is 14.2 Å². The lowest BCUT2D eigenvalue weighted by molar-refractivity contribution is -0.140. The highest BCUT2D eigenvalue weighted by atomic mass is 32.2. The molecule has 2 aliphatic rings. The van der Waals surface area contributed by atoms with E-state index in [0.717, 1.165) is 53.2 Å². The molecule has 7 nitrogen and oxygen atoms in total. The maximum Gasteiger partial charge on any atom is 0.319 e. The second kappa shape index (κ2) is 12.3. The lowest BCUT2D eigenvalue weighted by Gasteiger charge is -2.45. The van der Waals surface area contributed by atoms with Crippen molar-refractivity contribution in [1.29, 1.82) is 0 Å². The summed E-state index contributed by atoms with van der Waals surface area (Å²) in [5, 5.41) is 3.64. The monoisotopic (exact) mass is 560 g/mol. The van der Waals surface area contributed by atoms with Crippen LogP contribution in [0.3, 0.4) is 0 Å². The highest BCUT2D eigenvalue weighted by Crippen LogP contribution is 2.49. The number of hydrogen-bond acceptors (Lipinski definition) is 6. The molecule has 40 heavy (non-hydrogen) atoms. The number of amides is 2. The number of carbonyl (C=O) groups excluding carboxylic acids is 2. The Morgan fingerprint density at radius 3 is 2.00 bits per heavy atom. The number of rotatable bonds is 11. The first-order valence-electron chi connectivity index (χ1n) is 13.7. The molecule has 2 heterocycles. The fourth-order valence-corrected chi connectivity index (χ4v) is 7.70. The summed E-state index contributed by atoms with van der Waals surface area (Å²) in [6.07, 6.45) is 3.05. The van der Waals surface area contributed by atoms with E-state index < -0.39 is 5.54 Å². The summed E-state index contributed by atoms with van der Waals surface area (Å²) in [5.74, 6) is 2.16. The SMILES string of the molecule is COC(=O)CCCC[C@@H]1SC[C@H]2[C@@H]1NC(=O)N2C(c1ccccc1)(c1ccc(OC)cc1)c1ccc(OC)cc1. The van der Waals surface area contributed by atoms with E-state index in [9.17, 15) is 9.59 Å². The number of ether oxygens (including phenoxy) is 3. The number of carbonyl (C=O) groups is 2. The molecule has 2 amide bonds. The summed E-state index contributed by atoms with van der Waals surface area (Å²) in [7, 11) is 4.73. The number of hydrogen-bond donors (Lipinski definition) is 1. The zero-order valence-electron chi connectivity index (χ0n) is 23.2. The fraction of sp³-hybridized carbons (Fsp3) is 0.375. The highest BCUT2D eigenvalue weighted by molar-refractivity contribution is 8.00. The molecule has 0 aromatic heterocycles. The number of fused-ring (bicyclic) bond motifs is 1. The van der Waals surface area contributed by atoms with Crippen molar-refractivity contribution in [2.45, 2.75) is 48.6 Å². The van der Waals surface area contributed by atoms with Crippen molar-refractivity contribution in [2.24, 2.45) is 0 Å². The van der Waals surface area contributed by atoms with E-state index in [4.69, 9.17) is 14.2 Å². The lowest BCUT2D eigenvalue weighted by Crippen LogP contribution is -2.53. The predicted molar refractivity (Wildman–Crippen MR) is 157 cm³/mol. The number of thioether (sulfide) groups is 1. The average Bonchev–Trinajstić information content (AvgIpc) is 3.55. The number of esters is 1. The largest absolute Gasteiger partial charge is 0.497 e. The molecule has 0 bridgehead atoms. The van der Waals surface area contributed by atoms with E-state index in [0.29, 0.717) is 6.42 Å². The van der Waals surface area contributed by atoms with Crippen molar-refractivity contribution in [3.8, 4) is 11.5 Å². The fourth-order valence-electron chi connectivity index (χ4n) is 6.11. The van der Waals surface area contributed by atoms with Crippen molar-refractivity contribution in [1.82, 2.24) is 10.2 Å². The number of unbranched alkanes of at least 4 members (excludes halogenated alkanes) is 1. The Labute approximate surface area is 240 Å². The zero-order valence-corrected chi connectivity index (χ0v) is 24.0. The van der Waals surface area contributed by atoms with Crippen LogP contribution in [-0.4, -0.2) is 61.3 Å². The Kier molecular flexibility index (Phi) is 8.54. The van der Waals surface area contributed by atoms with Gasteiger partial charge >= 0.3 is 12.0 Å². The van der Waals surface area contributed by atoms with Gasteiger partial charge in [0, 0.05) is 17.4 Å². The molecule has 3 aromatic carbocycles. The van der Waals surface area contributed by atoms with Crippen molar-refractivity contribution >= 4 is 23.8 Å². The molecular formula is C32H36N2O5S. The molecule has 0 radical (unpaired) electrons. The van der Waals surface area contributed by atoms with Gasteiger partial charge in [-0.2, -0.15) is 11.8 Å².